The largest absolute Gasteiger partial charge is 0.398 e. The van der Waals surface area contributed by atoms with Gasteiger partial charge in [0.1, 0.15) is 0 Å². The molecule has 0 saturated heterocycles. The number of anilines is 2. The summed E-state index contributed by atoms with van der Waals surface area (Å²) < 4.78 is 0. The molecule has 0 heterocycles. The van der Waals surface area contributed by atoms with Crippen LogP contribution in [0, 0.1) is 13.8 Å². The molecule has 0 radical (unpaired) electrons. The van der Waals surface area contributed by atoms with Gasteiger partial charge in [0.05, 0.1) is 16.3 Å². The van der Waals surface area contributed by atoms with Gasteiger partial charge in [0.25, 0.3) is 5.91 Å². The molecule has 0 bridgehead atoms. The van der Waals surface area contributed by atoms with Crippen LogP contribution >= 0.6 is 11.6 Å². The maximum absolute atomic E-state index is 12.2. The molecule has 0 aliphatic heterocycles. The van der Waals surface area contributed by atoms with E-state index in [1.165, 1.54) is 0 Å². The SMILES string of the molecule is Cc1cccc(C(=O)Nc2c(C)cccc2Cl)c1N. The lowest BCUT2D eigenvalue weighted by Crippen LogP contribution is -2.15. The van der Waals surface area contributed by atoms with Crippen LogP contribution in [0.4, 0.5) is 11.4 Å². The summed E-state index contributed by atoms with van der Waals surface area (Å²) in [5.74, 6) is -0.252. The van der Waals surface area contributed by atoms with Gasteiger partial charge in [0.15, 0.2) is 0 Å². The van der Waals surface area contributed by atoms with Crippen molar-refractivity contribution < 1.29 is 4.79 Å². The summed E-state index contributed by atoms with van der Waals surface area (Å²) in [6.07, 6.45) is 0. The van der Waals surface area contributed by atoms with Crippen LogP contribution in [0.25, 0.3) is 0 Å². The first-order valence-electron chi connectivity index (χ1n) is 5.92. The third-order valence-corrected chi connectivity index (χ3v) is 3.34. The lowest BCUT2D eigenvalue weighted by atomic mass is 10.1. The highest BCUT2D eigenvalue weighted by Crippen LogP contribution is 2.26. The van der Waals surface area contributed by atoms with Gasteiger partial charge in [-0.3, -0.25) is 4.79 Å². The van der Waals surface area contributed by atoms with Crippen LogP contribution < -0.4 is 11.1 Å². The first-order chi connectivity index (χ1) is 9.00. The van der Waals surface area contributed by atoms with Crippen molar-refractivity contribution in [2.24, 2.45) is 0 Å². The topological polar surface area (TPSA) is 55.1 Å². The van der Waals surface area contributed by atoms with Crippen molar-refractivity contribution in [3.05, 3.63) is 58.1 Å². The summed E-state index contributed by atoms with van der Waals surface area (Å²) in [4.78, 5) is 12.2. The van der Waals surface area contributed by atoms with Gasteiger partial charge in [0.2, 0.25) is 0 Å². The normalized spacial score (nSPS) is 10.3. The minimum absolute atomic E-state index is 0.252. The number of nitrogens with one attached hydrogen (secondary N) is 1. The highest BCUT2D eigenvalue weighted by atomic mass is 35.5. The van der Waals surface area contributed by atoms with Crippen LogP contribution in [0.5, 0.6) is 0 Å². The van der Waals surface area contributed by atoms with Gasteiger partial charge in [0, 0.05) is 5.69 Å². The average molecular weight is 275 g/mol. The quantitative estimate of drug-likeness (QED) is 0.819. The van der Waals surface area contributed by atoms with Gasteiger partial charge >= 0.3 is 0 Å². The van der Waals surface area contributed by atoms with E-state index in [4.69, 9.17) is 17.3 Å². The van der Waals surface area contributed by atoms with Gasteiger partial charge in [-0.05, 0) is 37.1 Å². The molecule has 98 valence electrons. The van der Waals surface area contributed by atoms with Crippen LogP contribution in [0.1, 0.15) is 21.5 Å². The first kappa shape index (κ1) is 13.4. The van der Waals surface area contributed by atoms with Crippen LogP contribution in [0.2, 0.25) is 5.02 Å². The fraction of sp³-hybridized carbons (Fsp3) is 0.133. The zero-order valence-electron chi connectivity index (χ0n) is 10.8. The molecule has 0 aromatic heterocycles. The molecular formula is C15H15ClN2O. The Bertz CT molecular complexity index is 618. The number of hydrogen-bond acceptors (Lipinski definition) is 2. The maximum atomic E-state index is 12.2. The summed E-state index contributed by atoms with van der Waals surface area (Å²) >= 11 is 6.09. The van der Waals surface area contributed by atoms with Crippen LogP contribution in [-0.4, -0.2) is 5.91 Å². The Hall–Kier alpha value is -2.00. The van der Waals surface area contributed by atoms with Crippen molar-refractivity contribution in [2.75, 3.05) is 11.1 Å². The Morgan fingerprint density at radius 1 is 1.11 bits per heavy atom. The Morgan fingerprint density at radius 2 is 1.74 bits per heavy atom. The molecular weight excluding hydrogens is 260 g/mol. The number of nitrogens with two attached hydrogens (primary N) is 1. The smallest absolute Gasteiger partial charge is 0.257 e. The lowest BCUT2D eigenvalue weighted by molar-refractivity contribution is 0.102. The van der Waals surface area contributed by atoms with Gasteiger partial charge < -0.3 is 11.1 Å². The van der Waals surface area contributed by atoms with Crippen molar-refractivity contribution in [3.8, 4) is 0 Å². The molecule has 0 fully saturated rings. The van der Waals surface area contributed by atoms with Gasteiger partial charge in [-0.1, -0.05) is 35.9 Å². The van der Waals surface area contributed by atoms with Crippen LogP contribution in [0.3, 0.4) is 0 Å². The highest BCUT2D eigenvalue weighted by molar-refractivity contribution is 6.34. The standard InChI is InChI=1S/C15H15ClN2O/c1-9-5-3-7-11(13(9)17)15(19)18-14-10(2)6-4-8-12(14)16/h3-8H,17H2,1-2H3,(H,18,19). The van der Waals surface area contributed by atoms with E-state index in [2.05, 4.69) is 5.32 Å². The van der Waals surface area contributed by atoms with E-state index in [1.807, 2.05) is 32.0 Å². The summed E-state index contributed by atoms with van der Waals surface area (Å²) in [5, 5.41) is 3.33. The Morgan fingerprint density at radius 3 is 2.42 bits per heavy atom. The first-order valence-corrected chi connectivity index (χ1v) is 6.30. The second-order valence-corrected chi connectivity index (χ2v) is 4.83. The average Bonchev–Trinajstić information content (AvgIpc) is 2.37. The van der Waals surface area contributed by atoms with E-state index < -0.39 is 0 Å². The van der Waals surface area contributed by atoms with Crippen molar-refractivity contribution in [3.63, 3.8) is 0 Å². The van der Waals surface area contributed by atoms with Crippen LogP contribution in [-0.2, 0) is 0 Å². The second kappa shape index (κ2) is 5.33. The van der Waals surface area contributed by atoms with Crippen molar-refractivity contribution in [2.45, 2.75) is 13.8 Å². The highest BCUT2D eigenvalue weighted by Gasteiger charge is 2.13. The molecule has 2 rings (SSSR count). The zero-order valence-corrected chi connectivity index (χ0v) is 11.6. The molecule has 2 aromatic rings. The molecule has 1 amide bonds. The number of carbonyl (C=O) groups excluding carboxylic acids is 1. The number of carbonyl (C=O) groups is 1. The van der Waals surface area contributed by atoms with Gasteiger partial charge in [-0.25, -0.2) is 0 Å². The molecule has 4 heteroatoms. The predicted octanol–water partition coefficient (Wildman–Crippen LogP) is 3.79. The Labute approximate surface area is 117 Å². The number of benzene rings is 2. The fourth-order valence-electron chi connectivity index (χ4n) is 1.85. The number of para-hydroxylation sites is 2. The van der Waals surface area contributed by atoms with E-state index in [0.29, 0.717) is 22.0 Å². The van der Waals surface area contributed by atoms with Crippen molar-refractivity contribution >= 4 is 28.9 Å². The Balaban J connectivity index is 2.34. The fourth-order valence-corrected chi connectivity index (χ4v) is 2.12. The zero-order chi connectivity index (χ0) is 14.0. The van der Waals surface area contributed by atoms with Gasteiger partial charge in [-0.15, -0.1) is 0 Å². The third-order valence-electron chi connectivity index (χ3n) is 3.03. The summed E-state index contributed by atoms with van der Waals surface area (Å²) in [5.41, 5.74) is 9.28. The molecule has 0 saturated carbocycles. The maximum Gasteiger partial charge on any atom is 0.257 e. The summed E-state index contributed by atoms with van der Waals surface area (Å²) in [7, 11) is 0. The molecule has 19 heavy (non-hydrogen) atoms. The predicted molar refractivity (Wildman–Crippen MR) is 79.7 cm³/mol. The van der Waals surface area contributed by atoms with Crippen molar-refractivity contribution in [1.29, 1.82) is 0 Å². The number of amides is 1. The molecule has 3 N–H and O–H groups in total. The van der Waals surface area contributed by atoms with Crippen molar-refractivity contribution in [1.82, 2.24) is 0 Å². The molecule has 0 unspecified atom stereocenters. The summed E-state index contributed by atoms with van der Waals surface area (Å²) in [6, 6.07) is 10.8. The van der Waals surface area contributed by atoms with Gasteiger partial charge in [-0.2, -0.15) is 0 Å². The number of aryl methyl sites for hydroxylation is 2. The van der Waals surface area contributed by atoms with E-state index in [1.54, 1.807) is 18.2 Å². The third kappa shape index (κ3) is 2.71. The minimum atomic E-state index is -0.252. The van der Waals surface area contributed by atoms with E-state index >= 15 is 0 Å². The van der Waals surface area contributed by atoms with E-state index in [-0.39, 0.29) is 5.91 Å². The molecule has 2 aromatic carbocycles. The lowest BCUT2D eigenvalue weighted by Gasteiger charge is -2.12. The minimum Gasteiger partial charge on any atom is -0.398 e. The number of nitrogen functional groups attached to an aromatic ring is 1. The van der Waals surface area contributed by atoms with E-state index in [0.717, 1.165) is 11.1 Å². The summed E-state index contributed by atoms with van der Waals surface area (Å²) in [6.45, 7) is 3.76. The Kier molecular flexibility index (Phi) is 3.76. The number of halogens is 1. The monoisotopic (exact) mass is 274 g/mol. The number of rotatable bonds is 2. The number of hydrogen-bond donors (Lipinski definition) is 2. The van der Waals surface area contributed by atoms with E-state index in [9.17, 15) is 4.79 Å². The molecule has 0 atom stereocenters. The molecule has 3 nitrogen and oxygen atoms in total. The van der Waals surface area contributed by atoms with Crippen LogP contribution in [0.15, 0.2) is 36.4 Å². The molecule has 0 aliphatic rings. The second-order valence-electron chi connectivity index (χ2n) is 4.42. The molecule has 0 spiro atoms. The molecule has 0 aliphatic carbocycles.